The maximum Gasteiger partial charge on any atom is 0.306 e. The fourth-order valence-electron chi connectivity index (χ4n) is 9.00. The smallest absolute Gasteiger partial charge is 0.306 e. The Balaban J connectivity index is 4.29. The molecule has 0 aliphatic heterocycles. The SMILES string of the molecule is CC/C=C\C/C=C\C/C=C\C/C=C\C/C=C\C/C=C\C/C=C\C/C=C\CCCCCCCCCCCCC(=O)OCC(COC(=O)CC/C=C\C/C=C\C/C=C\C/C=C\CC)OC(=O)CCCCCCCCC/C=C\CCCCCCCC. The highest BCUT2D eigenvalue weighted by molar-refractivity contribution is 5.71. The van der Waals surface area contributed by atoms with E-state index in [0.29, 0.717) is 19.3 Å². The Morgan fingerprint density at radius 3 is 0.819 bits per heavy atom. The molecule has 0 aromatic carbocycles. The lowest BCUT2D eigenvalue weighted by atomic mass is 10.1. The van der Waals surface area contributed by atoms with E-state index in [9.17, 15) is 14.4 Å². The van der Waals surface area contributed by atoms with Gasteiger partial charge in [-0.2, -0.15) is 0 Å². The molecule has 0 aliphatic rings. The van der Waals surface area contributed by atoms with Crippen molar-refractivity contribution in [2.45, 2.75) is 297 Å². The lowest BCUT2D eigenvalue weighted by molar-refractivity contribution is -0.166. The van der Waals surface area contributed by atoms with Crippen molar-refractivity contribution < 1.29 is 28.6 Å². The van der Waals surface area contributed by atoms with Crippen molar-refractivity contribution in [3.63, 3.8) is 0 Å². The summed E-state index contributed by atoms with van der Waals surface area (Å²) in [5.74, 6) is -1.00. The van der Waals surface area contributed by atoms with Crippen LogP contribution in [0, 0.1) is 0 Å². The number of ether oxygens (including phenoxy) is 3. The molecule has 1 atom stereocenters. The van der Waals surface area contributed by atoms with Gasteiger partial charge in [0.1, 0.15) is 13.2 Å². The second kappa shape index (κ2) is 69.5. The van der Waals surface area contributed by atoms with Gasteiger partial charge in [-0.1, -0.05) is 294 Å². The zero-order valence-electron chi connectivity index (χ0n) is 53.7. The van der Waals surface area contributed by atoms with Crippen LogP contribution in [0.4, 0.5) is 0 Å². The van der Waals surface area contributed by atoms with Crippen LogP contribution in [0.5, 0.6) is 0 Å². The number of allylic oxidation sites excluding steroid dienone is 26. The molecule has 0 rings (SSSR count). The highest BCUT2D eigenvalue weighted by atomic mass is 16.6. The van der Waals surface area contributed by atoms with Gasteiger partial charge in [0.15, 0.2) is 6.10 Å². The minimum atomic E-state index is -0.817. The Morgan fingerprint density at radius 2 is 0.494 bits per heavy atom. The Kier molecular flexibility index (Phi) is 65.4. The number of esters is 3. The molecule has 0 saturated heterocycles. The first-order valence-corrected chi connectivity index (χ1v) is 34.0. The van der Waals surface area contributed by atoms with Crippen molar-refractivity contribution in [3.8, 4) is 0 Å². The van der Waals surface area contributed by atoms with Crippen LogP contribution in [0.1, 0.15) is 290 Å². The molecule has 0 heterocycles. The van der Waals surface area contributed by atoms with Gasteiger partial charge in [0.05, 0.1) is 0 Å². The van der Waals surface area contributed by atoms with Crippen LogP contribution in [0.15, 0.2) is 158 Å². The summed E-state index contributed by atoms with van der Waals surface area (Å²) in [5.41, 5.74) is 0. The first-order chi connectivity index (χ1) is 41.0. The van der Waals surface area contributed by atoms with Crippen LogP contribution >= 0.6 is 0 Å². The average molecular weight is 1150 g/mol. The molecule has 0 N–H and O–H groups in total. The van der Waals surface area contributed by atoms with E-state index in [1.54, 1.807) is 0 Å². The number of hydrogen-bond donors (Lipinski definition) is 0. The van der Waals surface area contributed by atoms with Crippen LogP contribution in [0.2, 0.25) is 0 Å². The topological polar surface area (TPSA) is 78.9 Å². The maximum atomic E-state index is 12.9. The maximum absolute atomic E-state index is 12.9. The molecule has 0 aromatic heterocycles. The zero-order chi connectivity index (χ0) is 59.9. The third-order valence-corrected chi connectivity index (χ3v) is 14.0. The molecule has 0 bridgehead atoms. The predicted molar refractivity (Wildman–Crippen MR) is 362 cm³/mol. The van der Waals surface area contributed by atoms with Crippen LogP contribution < -0.4 is 0 Å². The number of carbonyl (C=O) groups excluding carboxylic acids is 3. The average Bonchev–Trinajstić information content (AvgIpc) is 3.49. The molecular formula is C77H124O6. The summed E-state index contributed by atoms with van der Waals surface area (Å²) in [7, 11) is 0. The van der Waals surface area contributed by atoms with Gasteiger partial charge < -0.3 is 14.2 Å². The van der Waals surface area contributed by atoms with E-state index in [1.807, 2.05) is 6.08 Å². The molecule has 1 unspecified atom stereocenters. The highest BCUT2D eigenvalue weighted by Gasteiger charge is 2.19. The minimum absolute atomic E-state index is 0.108. The summed E-state index contributed by atoms with van der Waals surface area (Å²) >= 11 is 0. The van der Waals surface area contributed by atoms with Crippen molar-refractivity contribution in [2.75, 3.05) is 13.2 Å². The third kappa shape index (κ3) is 67.7. The normalized spacial score (nSPS) is 13.1. The van der Waals surface area contributed by atoms with E-state index >= 15 is 0 Å². The van der Waals surface area contributed by atoms with Gasteiger partial charge in [-0.15, -0.1) is 0 Å². The van der Waals surface area contributed by atoms with Gasteiger partial charge in [0.2, 0.25) is 0 Å². The fraction of sp³-hybridized carbons (Fsp3) is 0.623. The summed E-state index contributed by atoms with van der Waals surface area (Å²) in [6.07, 6.45) is 101. The molecule has 0 saturated carbocycles. The van der Waals surface area contributed by atoms with E-state index in [-0.39, 0.29) is 37.5 Å². The Morgan fingerprint density at radius 1 is 0.253 bits per heavy atom. The lowest BCUT2D eigenvalue weighted by Crippen LogP contribution is -2.30. The van der Waals surface area contributed by atoms with Gasteiger partial charge in [0.25, 0.3) is 0 Å². The van der Waals surface area contributed by atoms with Crippen LogP contribution in [-0.2, 0) is 28.6 Å². The fourth-order valence-corrected chi connectivity index (χ4v) is 9.00. The van der Waals surface area contributed by atoms with E-state index in [2.05, 4.69) is 173 Å². The van der Waals surface area contributed by atoms with Crippen molar-refractivity contribution in [1.29, 1.82) is 0 Å². The van der Waals surface area contributed by atoms with Crippen LogP contribution in [0.25, 0.3) is 0 Å². The summed E-state index contributed by atoms with van der Waals surface area (Å²) in [5, 5.41) is 0. The summed E-state index contributed by atoms with van der Waals surface area (Å²) in [6, 6.07) is 0. The number of carbonyl (C=O) groups is 3. The second-order valence-electron chi connectivity index (χ2n) is 22.0. The van der Waals surface area contributed by atoms with E-state index < -0.39 is 6.10 Å². The molecule has 6 nitrogen and oxygen atoms in total. The highest BCUT2D eigenvalue weighted by Crippen LogP contribution is 2.15. The molecule has 0 aliphatic carbocycles. The number of unbranched alkanes of at least 4 members (excludes halogenated alkanes) is 23. The second-order valence-corrected chi connectivity index (χ2v) is 22.0. The van der Waals surface area contributed by atoms with Crippen LogP contribution in [-0.4, -0.2) is 37.2 Å². The first-order valence-electron chi connectivity index (χ1n) is 34.0. The van der Waals surface area contributed by atoms with Gasteiger partial charge in [0, 0.05) is 19.3 Å². The molecule has 83 heavy (non-hydrogen) atoms. The van der Waals surface area contributed by atoms with Gasteiger partial charge in [-0.05, 0) is 135 Å². The molecule has 468 valence electrons. The van der Waals surface area contributed by atoms with E-state index in [1.165, 1.54) is 122 Å². The first kappa shape index (κ1) is 78.0. The third-order valence-electron chi connectivity index (χ3n) is 14.0. The number of rotatable bonds is 60. The van der Waals surface area contributed by atoms with E-state index in [4.69, 9.17) is 14.2 Å². The summed E-state index contributed by atoms with van der Waals surface area (Å²) in [6.45, 7) is 6.34. The molecule has 6 heteroatoms. The monoisotopic (exact) mass is 1140 g/mol. The molecule has 0 radical (unpaired) electrons. The van der Waals surface area contributed by atoms with E-state index in [0.717, 1.165) is 122 Å². The summed E-state index contributed by atoms with van der Waals surface area (Å²) < 4.78 is 16.8. The quantitative estimate of drug-likeness (QED) is 0.0261. The van der Waals surface area contributed by atoms with Crippen molar-refractivity contribution in [3.05, 3.63) is 158 Å². The Labute approximate surface area is 511 Å². The van der Waals surface area contributed by atoms with Gasteiger partial charge >= 0.3 is 17.9 Å². The Hall–Kier alpha value is -4.97. The molecule has 0 amide bonds. The van der Waals surface area contributed by atoms with Crippen molar-refractivity contribution in [2.24, 2.45) is 0 Å². The largest absolute Gasteiger partial charge is 0.462 e. The minimum Gasteiger partial charge on any atom is -0.462 e. The molecule has 0 aromatic rings. The van der Waals surface area contributed by atoms with Gasteiger partial charge in [-0.3, -0.25) is 14.4 Å². The van der Waals surface area contributed by atoms with Crippen LogP contribution in [0.3, 0.4) is 0 Å². The standard InChI is InChI=1S/C77H124O6/c1-4-7-10-13-16-19-22-25-27-29-30-31-32-33-34-35-36-37-38-39-40-41-42-43-44-45-46-48-49-52-55-58-61-64-67-70-76(79)82-73-74(72-81-75(78)69-66-63-60-57-54-51-24-21-18-15-12-9-6-3)83-77(80)71-68-65-62-59-56-53-50-47-28-26-23-20-17-14-11-8-5-2/h7,9-10,12,16,18-19,21,25-28,30-31,33-34,36-37,39-40,42-43,51,54,60,63,74H,4-6,8,11,13-15,17,20,22-24,29,32,35,38,41,44-50,52-53,55-59,61-62,64-73H2,1-3H3/b10-7-,12-9-,19-16-,21-18-,27-25-,28-26-,31-30-,34-33-,37-36-,40-39-,43-42-,54-51-,63-60-. The van der Waals surface area contributed by atoms with Crippen molar-refractivity contribution >= 4 is 17.9 Å². The molecule has 0 spiro atoms. The molecular weight excluding hydrogens is 1020 g/mol. The van der Waals surface area contributed by atoms with Crippen molar-refractivity contribution in [1.82, 2.24) is 0 Å². The summed E-state index contributed by atoms with van der Waals surface area (Å²) in [4.78, 5) is 38.3. The number of hydrogen-bond acceptors (Lipinski definition) is 6. The Bertz CT molecular complexity index is 1840. The van der Waals surface area contributed by atoms with Gasteiger partial charge in [-0.25, -0.2) is 0 Å². The zero-order valence-corrected chi connectivity index (χ0v) is 53.7. The lowest BCUT2D eigenvalue weighted by Gasteiger charge is -2.18. The predicted octanol–water partition coefficient (Wildman–Crippen LogP) is 23.7. The molecule has 0 fully saturated rings.